The molecule has 1 heterocycles. The Morgan fingerprint density at radius 2 is 2.38 bits per heavy atom. The van der Waals surface area contributed by atoms with E-state index in [4.69, 9.17) is 5.73 Å². The van der Waals surface area contributed by atoms with Gasteiger partial charge < -0.3 is 15.4 Å². The molecule has 3 N–H and O–H groups in total. The van der Waals surface area contributed by atoms with Crippen LogP contribution < -0.4 is 5.73 Å². The van der Waals surface area contributed by atoms with Gasteiger partial charge in [-0.2, -0.15) is 0 Å². The van der Waals surface area contributed by atoms with Crippen molar-refractivity contribution in [3.05, 3.63) is 18.2 Å². The zero-order valence-corrected chi connectivity index (χ0v) is 9.89. The zero-order valence-electron chi connectivity index (χ0n) is 9.89. The molecule has 16 heavy (non-hydrogen) atoms. The van der Waals surface area contributed by atoms with E-state index < -0.39 is 5.60 Å². The number of aliphatic hydroxyl groups is 1. The topological polar surface area (TPSA) is 64.1 Å². The van der Waals surface area contributed by atoms with Crippen molar-refractivity contribution in [1.29, 1.82) is 0 Å². The molecule has 0 aliphatic heterocycles. The first-order chi connectivity index (χ1) is 7.69. The Labute approximate surface area is 96.5 Å². The number of imidazole rings is 1. The van der Waals surface area contributed by atoms with E-state index >= 15 is 0 Å². The van der Waals surface area contributed by atoms with Crippen LogP contribution in [0.3, 0.4) is 0 Å². The van der Waals surface area contributed by atoms with Gasteiger partial charge in [-0.3, -0.25) is 0 Å². The fourth-order valence-corrected chi connectivity index (χ4v) is 2.21. The van der Waals surface area contributed by atoms with E-state index in [0.29, 0.717) is 19.0 Å². The van der Waals surface area contributed by atoms with E-state index in [2.05, 4.69) is 16.5 Å². The molecule has 90 valence electrons. The average Bonchev–Trinajstić information content (AvgIpc) is 3.05. The third-order valence-electron chi connectivity index (χ3n) is 3.41. The standard InChI is InChI=1S/C12H21N3O/c1-2-3-11-14-6-7-15(11)9-12(16,8-13)10-4-5-10/h6-7,10,16H,2-5,8-9,13H2,1H3. The highest BCUT2D eigenvalue weighted by Crippen LogP contribution is 2.40. The highest BCUT2D eigenvalue weighted by Gasteiger charge is 2.43. The predicted molar refractivity (Wildman–Crippen MR) is 63.0 cm³/mol. The lowest BCUT2D eigenvalue weighted by Gasteiger charge is -2.27. The molecule has 1 atom stereocenters. The number of aryl methyl sites for hydroxylation is 1. The fraction of sp³-hybridized carbons (Fsp3) is 0.750. The van der Waals surface area contributed by atoms with E-state index in [1.807, 2.05) is 6.20 Å². The quantitative estimate of drug-likeness (QED) is 0.754. The van der Waals surface area contributed by atoms with Gasteiger partial charge in [0.25, 0.3) is 0 Å². The van der Waals surface area contributed by atoms with Crippen molar-refractivity contribution < 1.29 is 5.11 Å². The van der Waals surface area contributed by atoms with Crippen LogP contribution in [0.25, 0.3) is 0 Å². The molecule has 1 aromatic heterocycles. The fourth-order valence-electron chi connectivity index (χ4n) is 2.21. The first kappa shape index (κ1) is 11.6. The Morgan fingerprint density at radius 3 is 2.94 bits per heavy atom. The van der Waals surface area contributed by atoms with Crippen LogP contribution >= 0.6 is 0 Å². The molecule has 2 rings (SSSR count). The highest BCUT2D eigenvalue weighted by atomic mass is 16.3. The maximum Gasteiger partial charge on any atom is 0.108 e. The molecule has 0 aromatic carbocycles. The van der Waals surface area contributed by atoms with E-state index in [1.165, 1.54) is 0 Å². The second-order valence-corrected chi connectivity index (χ2v) is 4.80. The number of aromatic nitrogens is 2. The van der Waals surface area contributed by atoms with Gasteiger partial charge in [-0.05, 0) is 25.2 Å². The molecule has 0 spiro atoms. The van der Waals surface area contributed by atoms with Crippen molar-refractivity contribution in [2.45, 2.75) is 44.8 Å². The van der Waals surface area contributed by atoms with Crippen LogP contribution in [-0.4, -0.2) is 26.8 Å². The highest BCUT2D eigenvalue weighted by molar-refractivity contribution is 5.00. The van der Waals surface area contributed by atoms with Crippen molar-refractivity contribution in [3.8, 4) is 0 Å². The van der Waals surface area contributed by atoms with E-state index in [-0.39, 0.29) is 0 Å². The monoisotopic (exact) mass is 223 g/mol. The molecular formula is C12H21N3O. The van der Waals surface area contributed by atoms with Crippen LogP contribution in [0, 0.1) is 5.92 Å². The molecule has 0 bridgehead atoms. The first-order valence-corrected chi connectivity index (χ1v) is 6.12. The molecule has 1 fully saturated rings. The number of hydrogen-bond donors (Lipinski definition) is 2. The number of hydrogen-bond acceptors (Lipinski definition) is 3. The number of nitrogens with two attached hydrogens (primary N) is 1. The average molecular weight is 223 g/mol. The summed E-state index contributed by atoms with van der Waals surface area (Å²) >= 11 is 0. The molecule has 1 saturated carbocycles. The number of nitrogens with zero attached hydrogens (tertiary/aromatic N) is 2. The van der Waals surface area contributed by atoms with Gasteiger partial charge in [-0.15, -0.1) is 0 Å². The lowest BCUT2D eigenvalue weighted by molar-refractivity contribution is 0.00867. The van der Waals surface area contributed by atoms with E-state index in [9.17, 15) is 5.11 Å². The lowest BCUT2D eigenvalue weighted by Crippen LogP contribution is -2.44. The molecule has 0 radical (unpaired) electrons. The summed E-state index contributed by atoms with van der Waals surface area (Å²) in [4.78, 5) is 4.32. The van der Waals surface area contributed by atoms with Crippen LogP contribution in [-0.2, 0) is 13.0 Å². The van der Waals surface area contributed by atoms with Gasteiger partial charge in [0.1, 0.15) is 5.82 Å². The Hall–Kier alpha value is -0.870. The third kappa shape index (κ3) is 2.28. The second-order valence-electron chi connectivity index (χ2n) is 4.80. The Morgan fingerprint density at radius 1 is 1.62 bits per heavy atom. The SMILES string of the molecule is CCCc1nccn1CC(O)(CN)C1CC1. The van der Waals surface area contributed by atoms with Crippen LogP contribution in [0.5, 0.6) is 0 Å². The molecule has 1 unspecified atom stereocenters. The maximum atomic E-state index is 10.5. The van der Waals surface area contributed by atoms with Crippen LogP contribution in [0.2, 0.25) is 0 Å². The molecule has 4 heteroatoms. The molecule has 1 aromatic rings. The Balaban J connectivity index is 2.09. The van der Waals surface area contributed by atoms with Gasteiger partial charge in [0.05, 0.1) is 12.1 Å². The number of rotatable bonds is 6. The zero-order chi connectivity index (χ0) is 11.6. The van der Waals surface area contributed by atoms with Crippen LogP contribution in [0.15, 0.2) is 12.4 Å². The third-order valence-corrected chi connectivity index (χ3v) is 3.41. The molecular weight excluding hydrogens is 202 g/mol. The molecule has 0 amide bonds. The lowest BCUT2D eigenvalue weighted by atomic mass is 9.98. The van der Waals surface area contributed by atoms with Gasteiger partial charge in [-0.25, -0.2) is 4.98 Å². The Bertz CT molecular complexity index is 346. The maximum absolute atomic E-state index is 10.5. The molecule has 0 saturated heterocycles. The summed E-state index contributed by atoms with van der Waals surface area (Å²) in [5.74, 6) is 1.43. The summed E-state index contributed by atoms with van der Waals surface area (Å²) in [6.45, 7) is 3.06. The minimum absolute atomic E-state index is 0.335. The summed E-state index contributed by atoms with van der Waals surface area (Å²) in [6, 6.07) is 0. The first-order valence-electron chi connectivity index (χ1n) is 6.12. The summed E-state index contributed by atoms with van der Waals surface area (Å²) in [5, 5.41) is 10.5. The van der Waals surface area contributed by atoms with Gasteiger partial charge in [0, 0.05) is 25.4 Å². The van der Waals surface area contributed by atoms with Gasteiger partial charge in [0.15, 0.2) is 0 Å². The van der Waals surface area contributed by atoms with Gasteiger partial charge in [0.2, 0.25) is 0 Å². The Kier molecular flexibility index (Phi) is 3.30. The minimum Gasteiger partial charge on any atom is -0.386 e. The minimum atomic E-state index is -0.733. The predicted octanol–water partition coefficient (Wildman–Crippen LogP) is 0.935. The summed E-state index contributed by atoms with van der Waals surface area (Å²) in [7, 11) is 0. The van der Waals surface area contributed by atoms with Crippen molar-refractivity contribution >= 4 is 0 Å². The van der Waals surface area contributed by atoms with Gasteiger partial charge >= 0.3 is 0 Å². The van der Waals surface area contributed by atoms with Crippen LogP contribution in [0.4, 0.5) is 0 Å². The van der Waals surface area contributed by atoms with Crippen molar-refractivity contribution in [1.82, 2.24) is 9.55 Å². The molecule has 1 aliphatic carbocycles. The normalized spacial score (nSPS) is 19.7. The van der Waals surface area contributed by atoms with Crippen molar-refractivity contribution in [2.75, 3.05) is 6.54 Å². The second kappa shape index (κ2) is 4.55. The van der Waals surface area contributed by atoms with E-state index in [1.54, 1.807) is 6.20 Å². The molecule has 4 nitrogen and oxygen atoms in total. The molecule has 1 aliphatic rings. The van der Waals surface area contributed by atoms with E-state index in [0.717, 1.165) is 31.5 Å². The summed E-state index contributed by atoms with van der Waals surface area (Å²) in [6.07, 6.45) is 7.97. The summed E-state index contributed by atoms with van der Waals surface area (Å²) in [5.41, 5.74) is 4.97. The smallest absolute Gasteiger partial charge is 0.108 e. The van der Waals surface area contributed by atoms with Crippen molar-refractivity contribution in [2.24, 2.45) is 11.7 Å². The largest absolute Gasteiger partial charge is 0.386 e. The van der Waals surface area contributed by atoms with Crippen molar-refractivity contribution in [3.63, 3.8) is 0 Å². The summed E-state index contributed by atoms with van der Waals surface area (Å²) < 4.78 is 2.05. The van der Waals surface area contributed by atoms with Gasteiger partial charge in [-0.1, -0.05) is 6.92 Å². The van der Waals surface area contributed by atoms with Crippen LogP contribution in [0.1, 0.15) is 32.0 Å².